The fourth-order valence-electron chi connectivity index (χ4n) is 3.08. The zero-order valence-electron chi connectivity index (χ0n) is 16.4. The Morgan fingerprint density at radius 3 is 1.59 bits per heavy atom. The van der Waals surface area contributed by atoms with Gasteiger partial charge in [-0.1, -0.05) is 26.2 Å². The lowest BCUT2D eigenvalue weighted by atomic mass is 10.2. The lowest BCUT2D eigenvalue weighted by Crippen LogP contribution is -2.43. The van der Waals surface area contributed by atoms with E-state index in [1.54, 1.807) is 9.80 Å². The Bertz CT molecular complexity index is 447. The Balaban J connectivity index is 2.54. The summed E-state index contributed by atoms with van der Waals surface area (Å²) < 4.78 is 0. The molecule has 0 aromatic heterocycles. The summed E-state index contributed by atoms with van der Waals surface area (Å²) >= 11 is 0. The Kier molecular flexibility index (Phi) is 11.6. The van der Waals surface area contributed by atoms with Crippen LogP contribution in [0.5, 0.6) is 0 Å². The van der Waals surface area contributed by atoms with Crippen LogP contribution in [-0.2, 0) is 14.4 Å². The molecule has 1 amide bonds. The second-order valence-corrected chi connectivity index (χ2v) is 7.03. The first-order valence-electron chi connectivity index (χ1n) is 9.78. The first kappa shape index (κ1) is 23.3. The summed E-state index contributed by atoms with van der Waals surface area (Å²) in [7, 11) is 0. The number of carbonyl (C=O) groups excluding carboxylic acids is 1. The molecule has 0 spiro atoms. The van der Waals surface area contributed by atoms with Gasteiger partial charge in [0.15, 0.2) is 0 Å². The van der Waals surface area contributed by atoms with E-state index in [4.69, 9.17) is 10.2 Å². The monoisotopic (exact) mass is 386 g/mol. The second kappa shape index (κ2) is 13.5. The molecule has 0 aromatic carbocycles. The van der Waals surface area contributed by atoms with Gasteiger partial charge in [0, 0.05) is 45.8 Å². The summed E-state index contributed by atoms with van der Waals surface area (Å²) in [6.07, 6.45) is 4.40. The first-order chi connectivity index (χ1) is 12.9. The van der Waals surface area contributed by atoms with E-state index in [9.17, 15) is 14.4 Å². The molecule has 0 unspecified atom stereocenters. The highest BCUT2D eigenvalue weighted by Crippen LogP contribution is 2.01. The molecule has 0 aliphatic carbocycles. The lowest BCUT2D eigenvalue weighted by molar-refractivity contribution is -0.140. The molecule has 0 aromatic rings. The van der Waals surface area contributed by atoms with Crippen LogP contribution in [0.4, 0.5) is 0 Å². The maximum atomic E-state index is 12.2. The molecule has 9 heteroatoms. The van der Waals surface area contributed by atoms with Gasteiger partial charge >= 0.3 is 11.9 Å². The van der Waals surface area contributed by atoms with Crippen molar-refractivity contribution in [2.24, 2.45) is 0 Å². The smallest absolute Gasteiger partial charge is 0.317 e. The number of aliphatic carboxylic acids is 2. The SMILES string of the molecule is CCCCCCNC(=O)CN1CCN(CC(=O)O)CCN(CC(=O)O)CC1. The number of hydrogen-bond acceptors (Lipinski definition) is 6. The van der Waals surface area contributed by atoms with E-state index in [0.717, 1.165) is 19.3 Å². The molecule has 27 heavy (non-hydrogen) atoms. The molecule has 1 aliphatic heterocycles. The number of carboxylic acid groups (broad SMARTS) is 2. The fraction of sp³-hybridized carbons (Fsp3) is 0.833. The van der Waals surface area contributed by atoms with Crippen LogP contribution in [0, 0.1) is 0 Å². The Hall–Kier alpha value is -1.71. The summed E-state index contributed by atoms with van der Waals surface area (Å²) in [4.78, 5) is 39.8. The van der Waals surface area contributed by atoms with Crippen molar-refractivity contribution in [3.8, 4) is 0 Å². The van der Waals surface area contributed by atoms with Gasteiger partial charge in [-0.25, -0.2) is 0 Å². The van der Waals surface area contributed by atoms with Crippen LogP contribution in [0.15, 0.2) is 0 Å². The number of unbranched alkanes of at least 4 members (excludes halogenated alkanes) is 3. The zero-order chi connectivity index (χ0) is 20.1. The topological polar surface area (TPSA) is 113 Å². The summed E-state index contributed by atoms with van der Waals surface area (Å²) in [5.41, 5.74) is 0. The standard InChI is InChI=1S/C18H34N4O5/c1-2-3-4-5-6-19-16(23)13-20-7-9-21(14-17(24)25)11-12-22(10-8-20)15-18(26)27/h2-15H2,1H3,(H,19,23)(H,24,25)(H,26,27). The van der Waals surface area contributed by atoms with Crippen molar-refractivity contribution in [3.63, 3.8) is 0 Å². The molecule has 3 N–H and O–H groups in total. The molecule has 1 fully saturated rings. The molecule has 1 rings (SSSR count). The van der Waals surface area contributed by atoms with Crippen LogP contribution in [0.3, 0.4) is 0 Å². The summed E-state index contributed by atoms with van der Waals surface area (Å²) in [6.45, 7) is 6.12. The molecular weight excluding hydrogens is 352 g/mol. The number of rotatable bonds is 11. The van der Waals surface area contributed by atoms with Gasteiger partial charge in [0.2, 0.25) is 5.91 Å². The molecule has 9 nitrogen and oxygen atoms in total. The highest BCUT2D eigenvalue weighted by Gasteiger charge is 2.20. The lowest BCUT2D eigenvalue weighted by Gasteiger charge is -2.24. The number of carbonyl (C=O) groups is 3. The minimum Gasteiger partial charge on any atom is -0.480 e. The number of nitrogens with one attached hydrogen (secondary N) is 1. The highest BCUT2D eigenvalue weighted by molar-refractivity contribution is 5.78. The number of carboxylic acids is 2. The minimum absolute atomic E-state index is 0.0414. The van der Waals surface area contributed by atoms with E-state index in [-0.39, 0.29) is 25.5 Å². The predicted molar refractivity (Wildman–Crippen MR) is 102 cm³/mol. The molecule has 1 aliphatic rings. The van der Waals surface area contributed by atoms with Crippen molar-refractivity contribution in [1.82, 2.24) is 20.0 Å². The summed E-state index contributed by atoms with van der Waals surface area (Å²) in [5, 5.41) is 21.0. The summed E-state index contributed by atoms with van der Waals surface area (Å²) in [5.74, 6) is -1.86. The van der Waals surface area contributed by atoms with Crippen LogP contribution >= 0.6 is 0 Å². The van der Waals surface area contributed by atoms with E-state index in [1.165, 1.54) is 6.42 Å². The van der Waals surface area contributed by atoms with Gasteiger partial charge in [-0.05, 0) is 6.42 Å². The van der Waals surface area contributed by atoms with Crippen LogP contribution in [0.2, 0.25) is 0 Å². The van der Waals surface area contributed by atoms with E-state index >= 15 is 0 Å². The van der Waals surface area contributed by atoms with E-state index in [0.29, 0.717) is 45.8 Å². The van der Waals surface area contributed by atoms with Crippen LogP contribution in [0.1, 0.15) is 32.6 Å². The normalized spacial score (nSPS) is 17.7. The molecule has 1 saturated heterocycles. The number of nitrogens with zero attached hydrogens (tertiary/aromatic N) is 3. The third kappa shape index (κ3) is 11.6. The Morgan fingerprint density at radius 2 is 1.19 bits per heavy atom. The Labute approximate surface area is 161 Å². The van der Waals surface area contributed by atoms with Crippen molar-refractivity contribution < 1.29 is 24.6 Å². The van der Waals surface area contributed by atoms with Crippen molar-refractivity contribution in [2.75, 3.05) is 65.4 Å². The van der Waals surface area contributed by atoms with Crippen LogP contribution < -0.4 is 5.32 Å². The number of hydrogen-bond donors (Lipinski definition) is 3. The molecule has 1 heterocycles. The van der Waals surface area contributed by atoms with Gasteiger partial charge in [-0.15, -0.1) is 0 Å². The molecule has 0 atom stereocenters. The van der Waals surface area contributed by atoms with Crippen LogP contribution in [-0.4, -0.2) is 108 Å². The maximum Gasteiger partial charge on any atom is 0.317 e. The van der Waals surface area contributed by atoms with Gasteiger partial charge in [0.05, 0.1) is 19.6 Å². The third-order valence-corrected chi connectivity index (χ3v) is 4.63. The highest BCUT2D eigenvalue weighted by atomic mass is 16.4. The number of amides is 1. The van der Waals surface area contributed by atoms with Crippen molar-refractivity contribution in [3.05, 3.63) is 0 Å². The predicted octanol–water partition coefficient (Wildman–Crippen LogP) is -0.228. The minimum atomic E-state index is -0.907. The molecular formula is C18H34N4O5. The molecule has 0 saturated carbocycles. The fourth-order valence-corrected chi connectivity index (χ4v) is 3.08. The van der Waals surface area contributed by atoms with Crippen molar-refractivity contribution >= 4 is 17.8 Å². The first-order valence-corrected chi connectivity index (χ1v) is 9.78. The average molecular weight is 386 g/mol. The molecule has 156 valence electrons. The van der Waals surface area contributed by atoms with E-state index in [1.807, 2.05) is 4.90 Å². The summed E-state index contributed by atoms with van der Waals surface area (Å²) in [6, 6.07) is 0. The van der Waals surface area contributed by atoms with Gasteiger partial charge < -0.3 is 15.5 Å². The maximum absolute atomic E-state index is 12.2. The quantitative estimate of drug-likeness (QED) is 0.418. The largest absolute Gasteiger partial charge is 0.480 e. The van der Waals surface area contributed by atoms with Crippen LogP contribution in [0.25, 0.3) is 0 Å². The van der Waals surface area contributed by atoms with E-state index < -0.39 is 11.9 Å². The van der Waals surface area contributed by atoms with Gasteiger partial charge in [0.1, 0.15) is 0 Å². The van der Waals surface area contributed by atoms with Gasteiger partial charge in [-0.3, -0.25) is 29.1 Å². The van der Waals surface area contributed by atoms with Gasteiger partial charge in [0.25, 0.3) is 0 Å². The van der Waals surface area contributed by atoms with Crippen molar-refractivity contribution in [1.29, 1.82) is 0 Å². The average Bonchev–Trinajstić information content (AvgIpc) is 2.67. The van der Waals surface area contributed by atoms with Crippen molar-refractivity contribution in [2.45, 2.75) is 32.6 Å². The van der Waals surface area contributed by atoms with Gasteiger partial charge in [-0.2, -0.15) is 0 Å². The van der Waals surface area contributed by atoms with E-state index in [2.05, 4.69) is 12.2 Å². The Morgan fingerprint density at radius 1 is 0.741 bits per heavy atom. The third-order valence-electron chi connectivity index (χ3n) is 4.63. The molecule has 0 radical (unpaired) electrons. The second-order valence-electron chi connectivity index (χ2n) is 7.03. The zero-order valence-corrected chi connectivity index (χ0v) is 16.4. The molecule has 0 bridgehead atoms.